The van der Waals surface area contributed by atoms with Gasteiger partial charge in [0.15, 0.2) is 0 Å². The third-order valence-corrected chi connectivity index (χ3v) is 4.42. The highest BCUT2D eigenvalue weighted by Crippen LogP contribution is 2.37. The van der Waals surface area contributed by atoms with Gasteiger partial charge in [-0.2, -0.15) is 0 Å². The minimum atomic E-state index is -1.06. The molecule has 2 amide bonds. The van der Waals surface area contributed by atoms with Crippen molar-refractivity contribution in [3.63, 3.8) is 0 Å². The summed E-state index contributed by atoms with van der Waals surface area (Å²) in [6.07, 6.45) is 3.68. The highest BCUT2D eigenvalue weighted by molar-refractivity contribution is 5.99. The average molecular weight is 277 g/mol. The normalized spacial score (nSPS) is 24.8. The highest BCUT2D eigenvalue weighted by Gasteiger charge is 2.38. The molecule has 2 unspecified atom stereocenters. The summed E-state index contributed by atoms with van der Waals surface area (Å²) in [4.78, 5) is 27.9. The van der Waals surface area contributed by atoms with Gasteiger partial charge in [-0.15, -0.1) is 0 Å². The van der Waals surface area contributed by atoms with Gasteiger partial charge in [-0.3, -0.25) is 0 Å². The SMILES string of the molecule is Cc1cc(NC(=O)N2CC3CCCC3C2)c(C(=O)O)[nH]1. The van der Waals surface area contributed by atoms with Crippen molar-refractivity contribution in [3.8, 4) is 0 Å². The fourth-order valence-corrected chi connectivity index (χ4v) is 3.45. The number of carboxylic acid groups (broad SMARTS) is 1. The minimum Gasteiger partial charge on any atom is -0.477 e. The van der Waals surface area contributed by atoms with E-state index in [1.54, 1.807) is 13.0 Å². The molecule has 1 aromatic heterocycles. The number of aryl methyl sites for hydroxylation is 1. The molecule has 108 valence electrons. The van der Waals surface area contributed by atoms with E-state index in [1.165, 1.54) is 19.3 Å². The second-order valence-corrected chi connectivity index (χ2v) is 5.83. The van der Waals surface area contributed by atoms with Crippen LogP contribution in [0.3, 0.4) is 0 Å². The van der Waals surface area contributed by atoms with Gasteiger partial charge in [0, 0.05) is 18.8 Å². The Balaban J connectivity index is 1.69. The van der Waals surface area contributed by atoms with Crippen LogP contribution in [-0.4, -0.2) is 40.1 Å². The average Bonchev–Trinajstić information content (AvgIpc) is 3.01. The molecule has 2 aliphatic rings. The maximum atomic E-state index is 12.2. The molecule has 1 aliphatic carbocycles. The van der Waals surface area contributed by atoms with E-state index in [-0.39, 0.29) is 11.7 Å². The van der Waals surface area contributed by atoms with Gasteiger partial charge in [0.1, 0.15) is 5.69 Å². The Kier molecular flexibility index (Phi) is 3.16. The molecule has 0 radical (unpaired) electrons. The van der Waals surface area contributed by atoms with Gasteiger partial charge < -0.3 is 20.3 Å². The third-order valence-electron chi connectivity index (χ3n) is 4.42. The van der Waals surface area contributed by atoms with Crippen LogP contribution >= 0.6 is 0 Å². The first-order valence-electron chi connectivity index (χ1n) is 7.03. The number of anilines is 1. The Morgan fingerprint density at radius 3 is 2.60 bits per heavy atom. The molecular formula is C14H19N3O3. The Bertz CT molecular complexity index is 540. The number of hydrogen-bond donors (Lipinski definition) is 3. The summed E-state index contributed by atoms with van der Waals surface area (Å²) in [5.74, 6) is 0.201. The highest BCUT2D eigenvalue weighted by atomic mass is 16.4. The molecule has 3 N–H and O–H groups in total. The maximum absolute atomic E-state index is 12.2. The van der Waals surface area contributed by atoms with Crippen LogP contribution in [0.4, 0.5) is 10.5 Å². The number of fused-ring (bicyclic) bond motifs is 1. The van der Waals surface area contributed by atoms with Gasteiger partial charge in [-0.1, -0.05) is 6.42 Å². The number of aromatic carboxylic acids is 1. The largest absolute Gasteiger partial charge is 0.477 e. The molecule has 2 fully saturated rings. The Morgan fingerprint density at radius 2 is 2.00 bits per heavy atom. The molecule has 0 spiro atoms. The summed E-state index contributed by atoms with van der Waals surface area (Å²) in [7, 11) is 0. The Morgan fingerprint density at radius 1 is 1.35 bits per heavy atom. The van der Waals surface area contributed by atoms with Crippen molar-refractivity contribution >= 4 is 17.7 Å². The molecular weight excluding hydrogens is 258 g/mol. The van der Waals surface area contributed by atoms with Crippen LogP contribution in [0.5, 0.6) is 0 Å². The van der Waals surface area contributed by atoms with Crippen molar-refractivity contribution in [1.82, 2.24) is 9.88 Å². The molecule has 20 heavy (non-hydrogen) atoms. The van der Waals surface area contributed by atoms with Crippen molar-refractivity contribution in [2.45, 2.75) is 26.2 Å². The van der Waals surface area contributed by atoms with Crippen LogP contribution in [0.1, 0.15) is 35.4 Å². The molecule has 0 bridgehead atoms. The lowest BCUT2D eigenvalue weighted by Gasteiger charge is -2.17. The second-order valence-electron chi connectivity index (χ2n) is 5.83. The summed E-state index contributed by atoms with van der Waals surface area (Å²) in [5, 5.41) is 11.8. The van der Waals surface area contributed by atoms with Crippen LogP contribution in [-0.2, 0) is 0 Å². The summed E-state index contributed by atoms with van der Waals surface area (Å²) in [5.41, 5.74) is 1.10. The third kappa shape index (κ3) is 2.26. The number of aromatic nitrogens is 1. The van der Waals surface area contributed by atoms with E-state index in [4.69, 9.17) is 5.11 Å². The first-order chi connectivity index (χ1) is 9.54. The molecule has 1 aromatic rings. The molecule has 0 aromatic carbocycles. The lowest BCUT2D eigenvalue weighted by Crippen LogP contribution is -2.34. The van der Waals surface area contributed by atoms with Crippen molar-refractivity contribution in [1.29, 1.82) is 0 Å². The number of aromatic amines is 1. The van der Waals surface area contributed by atoms with Crippen molar-refractivity contribution in [2.24, 2.45) is 11.8 Å². The number of carbonyl (C=O) groups is 2. The van der Waals surface area contributed by atoms with Crippen LogP contribution < -0.4 is 5.32 Å². The van der Waals surface area contributed by atoms with Gasteiger partial charge in [0.2, 0.25) is 0 Å². The molecule has 1 saturated heterocycles. The van der Waals surface area contributed by atoms with Crippen molar-refractivity contribution in [3.05, 3.63) is 17.5 Å². The van der Waals surface area contributed by atoms with E-state index in [0.29, 0.717) is 17.5 Å². The Labute approximate surface area is 117 Å². The number of nitrogens with one attached hydrogen (secondary N) is 2. The van der Waals surface area contributed by atoms with Gasteiger partial charge in [0.25, 0.3) is 0 Å². The number of likely N-dealkylation sites (tertiary alicyclic amines) is 1. The smallest absolute Gasteiger partial charge is 0.354 e. The van der Waals surface area contributed by atoms with E-state index in [1.807, 2.05) is 4.90 Å². The molecule has 3 rings (SSSR count). The number of rotatable bonds is 2. The number of nitrogens with zero attached hydrogens (tertiary/aromatic N) is 1. The number of amides is 2. The molecule has 6 heteroatoms. The van der Waals surface area contributed by atoms with E-state index < -0.39 is 5.97 Å². The monoisotopic (exact) mass is 277 g/mol. The molecule has 2 heterocycles. The zero-order chi connectivity index (χ0) is 14.3. The summed E-state index contributed by atoms with van der Waals surface area (Å²) in [6.45, 7) is 3.35. The molecule has 6 nitrogen and oxygen atoms in total. The first kappa shape index (κ1) is 13.0. The quantitative estimate of drug-likeness (QED) is 0.775. The van der Waals surface area contributed by atoms with Crippen LogP contribution in [0.2, 0.25) is 0 Å². The van der Waals surface area contributed by atoms with Gasteiger partial charge in [-0.25, -0.2) is 9.59 Å². The standard InChI is InChI=1S/C14H19N3O3/c1-8-5-11(12(15-8)13(18)19)16-14(20)17-6-9-3-2-4-10(9)7-17/h5,9-10,15H,2-4,6-7H2,1H3,(H,16,20)(H,18,19). The van der Waals surface area contributed by atoms with Crippen LogP contribution in [0.15, 0.2) is 6.07 Å². The van der Waals surface area contributed by atoms with Gasteiger partial charge >= 0.3 is 12.0 Å². The van der Waals surface area contributed by atoms with Crippen LogP contribution in [0.25, 0.3) is 0 Å². The summed E-state index contributed by atoms with van der Waals surface area (Å²) >= 11 is 0. The number of carboxylic acids is 1. The predicted octanol–water partition coefficient (Wildman–Crippen LogP) is 2.29. The second kappa shape index (κ2) is 4.85. The number of urea groups is 1. The number of H-pyrrole nitrogens is 1. The lowest BCUT2D eigenvalue weighted by molar-refractivity contribution is 0.0692. The van der Waals surface area contributed by atoms with E-state index in [2.05, 4.69) is 10.3 Å². The zero-order valence-electron chi connectivity index (χ0n) is 11.5. The first-order valence-corrected chi connectivity index (χ1v) is 7.03. The number of carbonyl (C=O) groups excluding carboxylic acids is 1. The van der Waals surface area contributed by atoms with Crippen molar-refractivity contribution in [2.75, 3.05) is 18.4 Å². The van der Waals surface area contributed by atoms with E-state index in [0.717, 1.165) is 18.8 Å². The predicted molar refractivity (Wildman–Crippen MR) is 73.9 cm³/mol. The summed E-state index contributed by atoms with van der Waals surface area (Å²) < 4.78 is 0. The van der Waals surface area contributed by atoms with Gasteiger partial charge in [-0.05, 0) is 37.7 Å². The maximum Gasteiger partial charge on any atom is 0.354 e. The molecule has 1 aliphatic heterocycles. The minimum absolute atomic E-state index is 0.0373. The molecule has 1 saturated carbocycles. The van der Waals surface area contributed by atoms with Crippen molar-refractivity contribution < 1.29 is 14.7 Å². The fourth-order valence-electron chi connectivity index (χ4n) is 3.45. The fraction of sp³-hybridized carbons (Fsp3) is 0.571. The Hall–Kier alpha value is -1.98. The molecule has 2 atom stereocenters. The summed E-state index contributed by atoms with van der Waals surface area (Å²) in [6, 6.07) is 1.46. The van der Waals surface area contributed by atoms with Crippen LogP contribution in [0, 0.1) is 18.8 Å². The van der Waals surface area contributed by atoms with E-state index in [9.17, 15) is 9.59 Å². The van der Waals surface area contributed by atoms with E-state index >= 15 is 0 Å². The van der Waals surface area contributed by atoms with Gasteiger partial charge in [0.05, 0.1) is 5.69 Å². The topological polar surface area (TPSA) is 85.4 Å². The zero-order valence-corrected chi connectivity index (χ0v) is 11.5. The number of hydrogen-bond acceptors (Lipinski definition) is 2. The lowest BCUT2D eigenvalue weighted by atomic mass is 10.0.